The van der Waals surface area contributed by atoms with Crippen molar-refractivity contribution in [2.24, 2.45) is 5.10 Å². The number of nitrogens with zero attached hydrogens (tertiary/aromatic N) is 4. The van der Waals surface area contributed by atoms with Gasteiger partial charge in [0.2, 0.25) is 5.95 Å². The molecule has 3 aromatic rings. The van der Waals surface area contributed by atoms with E-state index in [1.807, 2.05) is 26.1 Å². The van der Waals surface area contributed by atoms with Gasteiger partial charge in [-0.25, -0.2) is 15.4 Å². The Morgan fingerprint density at radius 2 is 1.58 bits per heavy atom. The molecule has 0 spiro atoms. The van der Waals surface area contributed by atoms with Gasteiger partial charge in [0.05, 0.1) is 6.21 Å². The largest absolute Gasteiger partial charge is 0.318 e. The molecule has 1 aromatic carbocycles. The normalized spacial score (nSPS) is 11.3. The first-order valence-corrected chi connectivity index (χ1v) is 8.73. The molecule has 5 heteroatoms. The summed E-state index contributed by atoms with van der Waals surface area (Å²) in [5, 5.41) is 4.32. The molecule has 0 aliphatic carbocycles. The first-order chi connectivity index (χ1) is 12.3. The highest BCUT2D eigenvalue weighted by Crippen LogP contribution is 2.21. The van der Waals surface area contributed by atoms with Crippen LogP contribution in [0, 0.1) is 41.5 Å². The van der Waals surface area contributed by atoms with Gasteiger partial charge in [0.15, 0.2) is 0 Å². The summed E-state index contributed by atoms with van der Waals surface area (Å²) in [4.78, 5) is 8.67. The summed E-state index contributed by atoms with van der Waals surface area (Å²) >= 11 is 0. The summed E-state index contributed by atoms with van der Waals surface area (Å²) < 4.78 is 2.25. The lowest BCUT2D eigenvalue weighted by atomic mass is 10.1. The van der Waals surface area contributed by atoms with Gasteiger partial charge in [-0.15, -0.1) is 0 Å². The minimum Gasteiger partial charge on any atom is -0.318 e. The Morgan fingerprint density at radius 1 is 0.885 bits per heavy atom. The fourth-order valence-electron chi connectivity index (χ4n) is 3.12. The van der Waals surface area contributed by atoms with Crippen molar-refractivity contribution in [3.8, 4) is 5.69 Å². The Kier molecular flexibility index (Phi) is 4.89. The molecule has 0 radical (unpaired) electrons. The second-order valence-electron chi connectivity index (χ2n) is 6.77. The minimum atomic E-state index is 0.515. The quantitative estimate of drug-likeness (QED) is 0.556. The maximum atomic E-state index is 4.33. The van der Waals surface area contributed by atoms with E-state index in [1.54, 1.807) is 0 Å². The average molecular weight is 347 g/mol. The van der Waals surface area contributed by atoms with Gasteiger partial charge in [-0.1, -0.05) is 6.07 Å². The lowest BCUT2D eigenvalue weighted by molar-refractivity contribution is 0.961. The van der Waals surface area contributed by atoms with Crippen molar-refractivity contribution in [3.05, 3.63) is 69.8 Å². The summed E-state index contributed by atoms with van der Waals surface area (Å²) in [7, 11) is 0. The van der Waals surface area contributed by atoms with Gasteiger partial charge in [0.25, 0.3) is 0 Å². The molecule has 1 N–H and O–H groups in total. The van der Waals surface area contributed by atoms with E-state index in [2.05, 4.69) is 77.0 Å². The zero-order valence-corrected chi connectivity index (χ0v) is 16.3. The molecule has 0 aliphatic rings. The standard InChI is InChI=1S/C21H25N5/c1-13-7-8-20(9-14(13)2)26-17(5)11-19(18(26)6)12-22-25-21-23-15(3)10-16(4)24-21/h7-12H,1-6H3,(H,23,24,25)/b22-12+. The topological polar surface area (TPSA) is 55.1 Å². The molecular weight excluding hydrogens is 322 g/mol. The average Bonchev–Trinajstić information content (AvgIpc) is 2.83. The van der Waals surface area contributed by atoms with Crippen molar-refractivity contribution >= 4 is 12.2 Å². The van der Waals surface area contributed by atoms with Crippen LogP contribution < -0.4 is 5.43 Å². The van der Waals surface area contributed by atoms with Crippen LogP contribution in [0.15, 0.2) is 35.4 Å². The summed E-state index contributed by atoms with van der Waals surface area (Å²) in [5.74, 6) is 0.515. The van der Waals surface area contributed by atoms with E-state index in [0.29, 0.717) is 5.95 Å². The van der Waals surface area contributed by atoms with Crippen molar-refractivity contribution < 1.29 is 0 Å². The molecular formula is C21H25N5. The Balaban J connectivity index is 1.86. The third kappa shape index (κ3) is 3.67. The molecule has 0 saturated heterocycles. The van der Waals surface area contributed by atoms with Gasteiger partial charge in [0.1, 0.15) is 0 Å². The molecule has 3 rings (SSSR count). The van der Waals surface area contributed by atoms with Crippen LogP contribution in [-0.4, -0.2) is 20.7 Å². The van der Waals surface area contributed by atoms with E-state index >= 15 is 0 Å². The highest BCUT2D eigenvalue weighted by atomic mass is 15.3. The molecule has 0 aliphatic heterocycles. The van der Waals surface area contributed by atoms with E-state index in [-0.39, 0.29) is 0 Å². The Hall–Kier alpha value is -2.95. The van der Waals surface area contributed by atoms with Crippen molar-refractivity contribution in [1.29, 1.82) is 0 Å². The molecule has 0 fully saturated rings. The fraction of sp³-hybridized carbons (Fsp3) is 0.286. The van der Waals surface area contributed by atoms with Crippen LogP contribution in [0.4, 0.5) is 5.95 Å². The Morgan fingerprint density at radius 3 is 2.23 bits per heavy atom. The maximum absolute atomic E-state index is 4.33. The predicted molar refractivity (Wildman–Crippen MR) is 107 cm³/mol. The molecule has 0 unspecified atom stereocenters. The molecule has 134 valence electrons. The summed E-state index contributed by atoms with van der Waals surface area (Å²) in [6.45, 7) is 12.4. The third-order valence-corrected chi connectivity index (χ3v) is 4.57. The van der Waals surface area contributed by atoms with E-state index in [0.717, 1.165) is 22.6 Å². The first-order valence-electron chi connectivity index (χ1n) is 8.73. The molecule has 0 bridgehead atoms. The first kappa shape index (κ1) is 17.9. The van der Waals surface area contributed by atoms with Gasteiger partial charge >= 0.3 is 0 Å². The summed E-state index contributed by atoms with van der Waals surface area (Å²) in [6, 6.07) is 10.6. The molecule has 0 amide bonds. The van der Waals surface area contributed by atoms with Crippen LogP contribution in [0.5, 0.6) is 0 Å². The van der Waals surface area contributed by atoms with Crippen molar-refractivity contribution in [1.82, 2.24) is 14.5 Å². The van der Waals surface area contributed by atoms with Gasteiger partial charge < -0.3 is 4.57 Å². The van der Waals surface area contributed by atoms with Crippen LogP contribution in [0.1, 0.15) is 39.5 Å². The number of hydrogen-bond acceptors (Lipinski definition) is 4. The minimum absolute atomic E-state index is 0.515. The van der Waals surface area contributed by atoms with Crippen LogP contribution in [0.3, 0.4) is 0 Å². The molecule has 2 aromatic heterocycles. The van der Waals surface area contributed by atoms with Gasteiger partial charge in [0, 0.05) is 34.0 Å². The van der Waals surface area contributed by atoms with Crippen LogP contribution in [0.2, 0.25) is 0 Å². The SMILES string of the molecule is Cc1cc(C)nc(N/N=C/c2cc(C)n(-c3ccc(C)c(C)c3)c2C)n1. The third-order valence-electron chi connectivity index (χ3n) is 4.57. The molecule has 0 saturated carbocycles. The smallest absolute Gasteiger partial charge is 0.243 e. The van der Waals surface area contributed by atoms with Crippen molar-refractivity contribution in [2.45, 2.75) is 41.5 Å². The number of hydrazone groups is 1. The molecule has 2 heterocycles. The van der Waals surface area contributed by atoms with E-state index in [9.17, 15) is 0 Å². The summed E-state index contributed by atoms with van der Waals surface area (Å²) in [5.41, 5.74) is 11.9. The number of anilines is 1. The van der Waals surface area contributed by atoms with E-state index < -0.39 is 0 Å². The summed E-state index contributed by atoms with van der Waals surface area (Å²) in [6.07, 6.45) is 1.82. The second kappa shape index (κ2) is 7.12. The number of aromatic nitrogens is 3. The highest BCUT2D eigenvalue weighted by molar-refractivity contribution is 5.82. The maximum Gasteiger partial charge on any atom is 0.243 e. The fourth-order valence-corrected chi connectivity index (χ4v) is 3.12. The number of benzene rings is 1. The number of aryl methyl sites for hydroxylation is 5. The van der Waals surface area contributed by atoms with Gasteiger partial charge in [-0.2, -0.15) is 5.10 Å². The Labute approximate surface area is 154 Å². The van der Waals surface area contributed by atoms with Crippen molar-refractivity contribution in [3.63, 3.8) is 0 Å². The lowest BCUT2D eigenvalue weighted by Crippen LogP contribution is -2.01. The van der Waals surface area contributed by atoms with E-state index in [1.165, 1.54) is 22.5 Å². The molecule has 0 atom stereocenters. The second-order valence-corrected chi connectivity index (χ2v) is 6.77. The number of hydrogen-bond donors (Lipinski definition) is 1. The number of nitrogens with one attached hydrogen (secondary N) is 1. The molecule has 5 nitrogen and oxygen atoms in total. The van der Waals surface area contributed by atoms with Crippen LogP contribution in [0.25, 0.3) is 5.69 Å². The van der Waals surface area contributed by atoms with Gasteiger partial charge in [-0.05, 0) is 76.9 Å². The Bertz CT molecular complexity index is 962. The predicted octanol–water partition coefficient (Wildman–Crippen LogP) is 4.56. The van der Waals surface area contributed by atoms with E-state index in [4.69, 9.17) is 0 Å². The van der Waals surface area contributed by atoms with Gasteiger partial charge in [-0.3, -0.25) is 0 Å². The lowest BCUT2D eigenvalue weighted by Gasteiger charge is -2.11. The monoisotopic (exact) mass is 347 g/mol. The zero-order valence-electron chi connectivity index (χ0n) is 16.3. The van der Waals surface area contributed by atoms with Crippen LogP contribution in [-0.2, 0) is 0 Å². The zero-order chi connectivity index (χ0) is 18.8. The van der Waals surface area contributed by atoms with Crippen LogP contribution >= 0.6 is 0 Å². The number of rotatable bonds is 4. The highest BCUT2D eigenvalue weighted by Gasteiger charge is 2.10. The van der Waals surface area contributed by atoms with Crippen molar-refractivity contribution in [2.75, 3.05) is 5.43 Å². The molecule has 26 heavy (non-hydrogen) atoms.